The van der Waals surface area contributed by atoms with Crippen molar-refractivity contribution < 1.29 is 4.79 Å². The predicted molar refractivity (Wildman–Crippen MR) is 120 cm³/mol. The van der Waals surface area contributed by atoms with Crippen LogP contribution in [0.3, 0.4) is 0 Å². The van der Waals surface area contributed by atoms with E-state index in [0.717, 1.165) is 50.9 Å². The zero-order chi connectivity index (χ0) is 17.9. The van der Waals surface area contributed by atoms with Gasteiger partial charge in [0.1, 0.15) is 0 Å². The first-order valence-corrected chi connectivity index (χ1v) is 10.5. The van der Waals surface area contributed by atoms with Gasteiger partial charge in [-0.3, -0.25) is 9.79 Å². The number of nitrogens with zero attached hydrogens (tertiary/aromatic N) is 2. The fourth-order valence-electron chi connectivity index (χ4n) is 4.18. The first-order valence-electron chi connectivity index (χ1n) is 10.5. The molecular weight excluding hydrogens is 439 g/mol. The van der Waals surface area contributed by atoms with Gasteiger partial charge in [-0.2, -0.15) is 0 Å². The molecule has 1 heterocycles. The van der Waals surface area contributed by atoms with E-state index in [1.807, 2.05) is 0 Å². The molecule has 2 fully saturated rings. The Bertz CT molecular complexity index is 416. The lowest BCUT2D eigenvalue weighted by atomic mass is 9.86. The quantitative estimate of drug-likeness (QED) is 0.254. The van der Waals surface area contributed by atoms with Crippen LogP contribution in [0.25, 0.3) is 0 Å². The molecule has 2 N–H and O–H groups in total. The Balaban J connectivity index is 0.00000338. The highest BCUT2D eigenvalue weighted by atomic mass is 127. The van der Waals surface area contributed by atoms with Gasteiger partial charge in [-0.15, -0.1) is 24.0 Å². The molecule has 2 aliphatic rings. The molecule has 0 aromatic carbocycles. The summed E-state index contributed by atoms with van der Waals surface area (Å²) in [5.74, 6) is 2.71. The Morgan fingerprint density at radius 2 is 1.77 bits per heavy atom. The van der Waals surface area contributed by atoms with Crippen LogP contribution in [-0.4, -0.2) is 50.0 Å². The molecule has 1 saturated carbocycles. The maximum absolute atomic E-state index is 11.5. The first kappa shape index (κ1) is 23.5. The second-order valence-corrected chi connectivity index (χ2v) is 7.69. The van der Waals surface area contributed by atoms with Gasteiger partial charge in [-0.05, 0) is 44.4 Å². The normalized spacial score (nSPS) is 19.8. The van der Waals surface area contributed by atoms with Crippen molar-refractivity contribution in [2.45, 2.75) is 71.1 Å². The smallest absolute Gasteiger partial charge is 0.220 e. The summed E-state index contributed by atoms with van der Waals surface area (Å²) in [7, 11) is 1.72. The van der Waals surface area contributed by atoms with Gasteiger partial charge in [0.05, 0.1) is 0 Å². The van der Waals surface area contributed by atoms with Crippen molar-refractivity contribution in [2.24, 2.45) is 16.8 Å². The Morgan fingerprint density at radius 1 is 1.08 bits per heavy atom. The fraction of sp³-hybridized carbons (Fsp3) is 0.900. The Morgan fingerprint density at radius 3 is 2.38 bits per heavy atom. The number of halogens is 1. The van der Waals surface area contributed by atoms with Crippen molar-refractivity contribution >= 4 is 35.8 Å². The molecule has 26 heavy (non-hydrogen) atoms. The topological polar surface area (TPSA) is 56.7 Å². The molecule has 0 atom stereocenters. The third-order valence-electron chi connectivity index (χ3n) is 5.76. The van der Waals surface area contributed by atoms with Crippen LogP contribution in [0, 0.1) is 11.8 Å². The third-order valence-corrected chi connectivity index (χ3v) is 5.76. The SMILES string of the molecule is CCNC(=NCCCC1CCCCC1)N1CCC(CC(=O)NC)CC1.I. The maximum atomic E-state index is 11.5. The minimum absolute atomic E-state index is 0. The summed E-state index contributed by atoms with van der Waals surface area (Å²) >= 11 is 0. The molecule has 0 aromatic rings. The number of guanidine groups is 1. The highest BCUT2D eigenvalue weighted by Gasteiger charge is 2.23. The summed E-state index contributed by atoms with van der Waals surface area (Å²) in [5.41, 5.74) is 0. The van der Waals surface area contributed by atoms with Crippen LogP contribution in [0.15, 0.2) is 4.99 Å². The van der Waals surface area contributed by atoms with E-state index in [0.29, 0.717) is 12.3 Å². The molecule has 1 aliphatic heterocycles. The second kappa shape index (κ2) is 13.6. The van der Waals surface area contributed by atoms with Gasteiger partial charge in [-0.1, -0.05) is 32.1 Å². The third kappa shape index (κ3) is 8.44. The number of carbonyl (C=O) groups is 1. The van der Waals surface area contributed by atoms with Crippen LogP contribution < -0.4 is 10.6 Å². The fourth-order valence-corrected chi connectivity index (χ4v) is 4.18. The number of aliphatic imine (C=N–C) groups is 1. The number of likely N-dealkylation sites (tertiary alicyclic amines) is 1. The number of amides is 1. The summed E-state index contributed by atoms with van der Waals surface area (Å²) in [5, 5.41) is 6.19. The number of hydrogen-bond donors (Lipinski definition) is 2. The molecule has 1 saturated heterocycles. The Kier molecular flexibility index (Phi) is 12.3. The minimum atomic E-state index is 0. The molecule has 1 aliphatic carbocycles. The number of carbonyl (C=O) groups excluding carboxylic acids is 1. The monoisotopic (exact) mass is 478 g/mol. The minimum Gasteiger partial charge on any atom is -0.359 e. The molecule has 0 spiro atoms. The maximum Gasteiger partial charge on any atom is 0.220 e. The van der Waals surface area contributed by atoms with Crippen molar-refractivity contribution in [1.29, 1.82) is 0 Å². The van der Waals surface area contributed by atoms with Crippen LogP contribution >= 0.6 is 24.0 Å². The van der Waals surface area contributed by atoms with E-state index in [9.17, 15) is 4.79 Å². The average Bonchev–Trinajstić information content (AvgIpc) is 2.65. The number of hydrogen-bond acceptors (Lipinski definition) is 2. The summed E-state index contributed by atoms with van der Waals surface area (Å²) in [6.07, 6.45) is 12.6. The summed E-state index contributed by atoms with van der Waals surface area (Å²) in [6, 6.07) is 0. The number of piperidine rings is 1. The van der Waals surface area contributed by atoms with E-state index >= 15 is 0 Å². The predicted octanol–water partition coefficient (Wildman–Crippen LogP) is 3.78. The standard InChI is InChI=1S/C20H38N4O.HI/c1-3-22-20(23-13-7-10-17-8-5-4-6-9-17)24-14-11-18(12-15-24)16-19(25)21-2;/h17-18H,3-16H2,1-2H3,(H,21,25)(H,22,23);1H. The average molecular weight is 478 g/mol. The van der Waals surface area contributed by atoms with Gasteiger partial charge in [0.15, 0.2) is 5.96 Å². The zero-order valence-electron chi connectivity index (χ0n) is 16.8. The van der Waals surface area contributed by atoms with Gasteiger partial charge >= 0.3 is 0 Å². The molecule has 0 aromatic heterocycles. The first-order chi connectivity index (χ1) is 12.2. The molecule has 1 amide bonds. The lowest BCUT2D eigenvalue weighted by Gasteiger charge is -2.34. The highest BCUT2D eigenvalue weighted by molar-refractivity contribution is 14.0. The van der Waals surface area contributed by atoms with Crippen LogP contribution in [0.5, 0.6) is 0 Å². The zero-order valence-corrected chi connectivity index (χ0v) is 19.1. The van der Waals surface area contributed by atoms with Crippen molar-refractivity contribution in [1.82, 2.24) is 15.5 Å². The van der Waals surface area contributed by atoms with Crippen LogP contribution in [0.4, 0.5) is 0 Å². The van der Waals surface area contributed by atoms with Crippen molar-refractivity contribution in [3.05, 3.63) is 0 Å². The van der Waals surface area contributed by atoms with Crippen LogP contribution in [-0.2, 0) is 4.79 Å². The highest BCUT2D eigenvalue weighted by Crippen LogP contribution is 2.27. The van der Waals surface area contributed by atoms with E-state index in [1.54, 1.807) is 7.05 Å². The van der Waals surface area contributed by atoms with Crippen molar-refractivity contribution in [2.75, 3.05) is 33.2 Å². The Labute approximate surface area is 177 Å². The van der Waals surface area contributed by atoms with Gasteiger partial charge in [0.25, 0.3) is 0 Å². The molecular formula is C20H39IN4O. The van der Waals surface area contributed by atoms with Gasteiger partial charge in [0, 0.05) is 39.6 Å². The molecule has 6 heteroatoms. The van der Waals surface area contributed by atoms with Gasteiger partial charge < -0.3 is 15.5 Å². The van der Waals surface area contributed by atoms with Gasteiger partial charge in [0.2, 0.25) is 5.91 Å². The van der Waals surface area contributed by atoms with E-state index < -0.39 is 0 Å². The molecule has 0 unspecified atom stereocenters. The Hall–Kier alpha value is -0.530. The van der Waals surface area contributed by atoms with E-state index in [1.165, 1.54) is 44.9 Å². The number of rotatable bonds is 7. The van der Waals surface area contributed by atoms with Crippen LogP contribution in [0.1, 0.15) is 71.1 Å². The lowest BCUT2D eigenvalue weighted by Crippen LogP contribution is -2.46. The van der Waals surface area contributed by atoms with Gasteiger partial charge in [-0.25, -0.2) is 0 Å². The summed E-state index contributed by atoms with van der Waals surface area (Å²) in [6.45, 7) is 6.01. The lowest BCUT2D eigenvalue weighted by molar-refractivity contribution is -0.121. The number of nitrogens with one attached hydrogen (secondary N) is 2. The van der Waals surface area contributed by atoms with Crippen molar-refractivity contribution in [3.8, 4) is 0 Å². The summed E-state index contributed by atoms with van der Waals surface area (Å²) < 4.78 is 0. The largest absolute Gasteiger partial charge is 0.359 e. The molecule has 0 bridgehead atoms. The van der Waals surface area contributed by atoms with E-state index in [4.69, 9.17) is 4.99 Å². The molecule has 0 radical (unpaired) electrons. The van der Waals surface area contributed by atoms with E-state index in [2.05, 4.69) is 22.5 Å². The molecule has 152 valence electrons. The van der Waals surface area contributed by atoms with Crippen molar-refractivity contribution in [3.63, 3.8) is 0 Å². The summed E-state index contributed by atoms with van der Waals surface area (Å²) in [4.78, 5) is 18.8. The van der Waals surface area contributed by atoms with Crippen LogP contribution in [0.2, 0.25) is 0 Å². The van der Waals surface area contributed by atoms with E-state index in [-0.39, 0.29) is 29.9 Å². The molecule has 5 nitrogen and oxygen atoms in total. The second-order valence-electron chi connectivity index (χ2n) is 7.69. The molecule has 2 rings (SSSR count).